The molecule has 80 valence electrons. The number of rotatable bonds is 2. The summed E-state index contributed by atoms with van der Waals surface area (Å²) in [5.74, 6) is -0.792. The molecule has 0 fully saturated rings. The zero-order valence-corrected chi connectivity index (χ0v) is 8.57. The van der Waals surface area contributed by atoms with E-state index in [1.54, 1.807) is 0 Å². The summed E-state index contributed by atoms with van der Waals surface area (Å²) < 4.78 is 0. The highest BCUT2D eigenvalue weighted by atomic mass is 16.4. The highest BCUT2D eigenvalue weighted by molar-refractivity contribution is 5.70. The maximum atomic E-state index is 10.6. The maximum Gasteiger partial charge on any atom is 0.307 e. The van der Waals surface area contributed by atoms with Crippen LogP contribution in [0.15, 0.2) is 18.2 Å². The molecule has 1 aliphatic carbocycles. The number of fused-ring (bicyclic) bond motifs is 1. The molecule has 0 aromatic heterocycles. The molecule has 0 heterocycles. The molecule has 3 heteroatoms. The van der Waals surface area contributed by atoms with E-state index in [4.69, 9.17) is 10.8 Å². The first-order valence-corrected chi connectivity index (χ1v) is 5.26. The first-order valence-electron chi connectivity index (χ1n) is 5.26. The zero-order chi connectivity index (χ0) is 10.8. The number of carbonyl (C=O) groups is 1. The van der Waals surface area contributed by atoms with E-state index in [9.17, 15) is 4.79 Å². The van der Waals surface area contributed by atoms with Gasteiger partial charge in [0.25, 0.3) is 0 Å². The van der Waals surface area contributed by atoms with Gasteiger partial charge in [-0.25, -0.2) is 0 Å². The molecule has 1 unspecified atom stereocenters. The summed E-state index contributed by atoms with van der Waals surface area (Å²) >= 11 is 0. The van der Waals surface area contributed by atoms with Crippen molar-refractivity contribution in [1.29, 1.82) is 0 Å². The summed E-state index contributed by atoms with van der Waals surface area (Å²) in [4.78, 5) is 10.6. The van der Waals surface area contributed by atoms with E-state index in [0.29, 0.717) is 0 Å². The predicted molar refractivity (Wildman–Crippen MR) is 57.6 cm³/mol. The van der Waals surface area contributed by atoms with Gasteiger partial charge in [-0.15, -0.1) is 0 Å². The van der Waals surface area contributed by atoms with Crippen molar-refractivity contribution in [3.63, 3.8) is 0 Å². The molecule has 1 aromatic rings. The average molecular weight is 205 g/mol. The lowest BCUT2D eigenvalue weighted by atomic mass is 9.87. The van der Waals surface area contributed by atoms with E-state index >= 15 is 0 Å². The van der Waals surface area contributed by atoms with Crippen molar-refractivity contribution in [2.24, 2.45) is 5.73 Å². The van der Waals surface area contributed by atoms with Crippen molar-refractivity contribution in [3.05, 3.63) is 34.9 Å². The SMILES string of the molecule is NC1CCCc2ccc(CC(=O)O)cc21. The minimum atomic E-state index is -0.792. The molecule has 1 atom stereocenters. The van der Waals surface area contributed by atoms with Gasteiger partial charge in [-0.2, -0.15) is 0 Å². The zero-order valence-electron chi connectivity index (χ0n) is 8.57. The van der Waals surface area contributed by atoms with E-state index in [1.165, 1.54) is 5.56 Å². The van der Waals surface area contributed by atoms with Gasteiger partial charge in [0.05, 0.1) is 6.42 Å². The Morgan fingerprint density at radius 2 is 2.33 bits per heavy atom. The topological polar surface area (TPSA) is 63.3 Å². The second-order valence-corrected chi connectivity index (χ2v) is 4.10. The number of carboxylic acid groups (broad SMARTS) is 1. The van der Waals surface area contributed by atoms with E-state index in [0.717, 1.165) is 30.4 Å². The van der Waals surface area contributed by atoms with Crippen molar-refractivity contribution >= 4 is 5.97 Å². The molecule has 0 amide bonds. The van der Waals surface area contributed by atoms with Crippen LogP contribution in [0.4, 0.5) is 0 Å². The van der Waals surface area contributed by atoms with Gasteiger partial charge in [0.15, 0.2) is 0 Å². The number of aliphatic carboxylic acids is 1. The number of benzene rings is 1. The number of nitrogens with two attached hydrogens (primary N) is 1. The number of hydrogen-bond acceptors (Lipinski definition) is 2. The Bertz CT molecular complexity index is 387. The third-order valence-corrected chi connectivity index (χ3v) is 2.93. The van der Waals surface area contributed by atoms with Gasteiger partial charge in [0.2, 0.25) is 0 Å². The van der Waals surface area contributed by atoms with Gasteiger partial charge >= 0.3 is 5.97 Å². The summed E-state index contributed by atoms with van der Waals surface area (Å²) in [6.45, 7) is 0. The van der Waals surface area contributed by atoms with Crippen molar-refractivity contribution in [3.8, 4) is 0 Å². The molecule has 3 nitrogen and oxygen atoms in total. The monoisotopic (exact) mass is 205 g/mol. The smallest absolute Gasteiger partial charge is 0.307 e. The quantitative estimate of drug-likeness (QED) is 0.771. The van der Waals surface area contributed by atoms with Crippen molar-refractivity contribution in [2.45, 2.75) is 31.7 Å². The van der Waals surface area contributed by atoms with Gasteiger partial charge < -0.3 is 10.8 Å². The van der Waals surface area contributed by atoms with Gasteiger partial charge in [0.1, 0.15) is 0 Å². The van der Waals surface area contributed by atoms with Gasteiger partial charge in [-0.3, -0.25) is 4.79 Å². The van der Waals surface area contributed by atoms with Gasteiger partial charge in [-0.05, 0) is 36.0 Å². The largest absolute Gasteiger partial charge is 0.481 e. The second kappa shape index (κ2) is 4.03. The molecule has 0 saturated carbocycles. The van der Waals surface area contributed by atoms with Gasteiger partial charge in [0, 0.05) is 6.04 Å². The molecule has 1 aliphatic rings. The average Bonchev–Trinajstić information content (AvgIpc) is 2.18. The highest BCUT2D eigenvalue weighted by Crippen LogP contribution is 2.28. The summed E-state index contributed by atoms with van der Waals surface area (Å²) in [6, 6.07) is 5.95. The molecular weight excluding hydrogens is 190 g/mol. The van der Waals surface area contributed by atoms with Crippen LogP contribution in [0.2, 0.25) is 0 Å². The van der Waals surface area contributed by atoms with Crippen LogP contribution in [0.1, 0.15) is 35.6 Å². The number of aryl methyl sites for hydroxylation is 1. The fourth-order valence-electron chi connectivity index (χ4n) is 2.17. The van der Waals surface area contributed by atoms with E-state index < -0.39 is 5.97 Å². The molecule has 3 N–H and O–H groups in total. The van der Waals surface area contributed by atoms with Gasteiger partial charge in [-0.1, -0.05) is 18.2 Å². The van der Waals surface area contributed by atoms with Crippen molar-refractivity contribution in [1.82, 2.24) is 0 Å². The maximum absolute atomic E-state index is 10.6. The Balaban J connectivity index is 2.31. The van der Waals surface area contributed by atoms with Crippen LogP contribution in [-0.2, 0) is 17.6 Å². The molecule has 2 rings (SSSR count). The highest BCUT2D eigenvalue weighted by Gasteiger charge is 2.17. The van der Waals surface area contributed by atoms with Crippen LogP contribution in [-0.4, -0.2) is 11.1 Å². The van der Waals surface area contributed by atoms with Crippen LogP contribution in [0.25, 0.3) is 0 Å². The lowest BCUT2D eigenvalue weighted by Gasteiger charge is -2.22. The Morgan fingerprint density at radius 3 is 3.07 bits per heavy atom. The lowest BCUT2D eigenvalue weighted by molar-refractivity contribution is -0.136. The van der Waals surface area contributed by atoms with Crippen molar-refractivity contribution in [2.75, 3.05) is 0 Å². The van der Waals surface area contributed by atoms with Crippen LogP contribution in [0, 0.1) is 0 Å². The normalized spacial score (nSPS) is 19.7. The Labute approximate surface area is 88.9 Å². The summed E-state index contributed by atoms with van der Waals surface area (Å²) in [5, 5.41) is 8.71. The van der Waals surface area contributed by atoms with Crippen LogP contribution < -0.4 is 5.73 Å². The molecule has 15 heavy (non-hydrogen) atoms. The Kier molecular flexibility index (Phi) is 2.73. The Morgan fingerprint density at radius 1 is 1.53 bits per heavy atom. The molecule has 0 radical (unpaired) electrons. The molecule has 0 aliphatic heterocycles. The van der Waals surface area contributed by atoms with E-state index in [2.05, 4.69) is 0 Å². The minimum absolute atomic E-state index is 0.0833. The standard InChI is InChI=1S/C12H15NO2/c13-11-3-1-2-9-5-4-8(6-10(9)11)7-12(14)15/h4-6,11H,1-3,7,13H2,(H,14,15). The number of carboxylic acids is 1. The molecule has 0 bridgehead atoms. The Hall–Kier alpha value is -1.35. The summed E-state index contributed by atoms with van der Waals surface area (Å²) in [5.41, 5.74) is 9.26. The first kappa shape index (κ1) is 10.2. The summed E-state index contributed by atoms with van der Waals surface area (Å²) in [6.07, 6.45) is 3.28. The molecule has 0 saturated heterocycles. The fourth-order valence-corrected chi connectivity index (χ4v) is 2.17. The third kappa shape index (κ3) is 2.18. The summed E-state index contributed by atoms with van der Waals surface area (Å²) in [7, 11) is 0. The molecule has 1 aromatic carbocycles. The second-order valence-electron chi connectivity index (χ2n) is 4.10. The van der Waals surface area contributed by atoms with Crippen LogP contribution in [0.5, 0.6) is 0 Å². The van der Waals surface area contributed by atoms with E-state index in [1.807, 2.05) is 18.2 Å². The predicted octanol–water partition coefficient (Wildman–Crippen LogP) is 1.65. The minimum Gasteiger partial charge on any atom is -0.481 e. The van der Waals surface area contributed by atoms with Crippen molar-refractivity contribution < 1.29 is 9.90 Å². The molecule has 0 spiro atoms. The fraction of sp³-hybridized carbons (Fsp3) is 0.417. The number of hydrogen-bond donors (Lipinski definition) is 2. The molecular formula is C12H15NO2. The third-order valence-electron chi connectivity index (χ3n) is 2.93. The lowest BCUT2D eigenvalue weighted by Crippen LogP contribution is -2.17. The van der Waals surface area contributed by atoms with Crippen LogP contribution in [0.3, 0.4) is 0 Å². The van der Waals surface area contributed by atoms with E-state index in [-0.39, 0.29) is 12.5 Å². The first-order chi connectivity index (χ1) is 7.16. The van der Waals surface area contributed by atoms with Crippen LogP contribution >= 0.6 is 0 Å².